The summed E-state index contributed by atoms with van der Waals surface area (Å²) in [6.07, 6.45) is 1.40. The van der Waals surface area contributed by atoms with Crippen molar-refractivity contribution in [3.05, 3.63) is 30.1 Å². The van der Waals surface area contributed by atoms with Gasteiger partial charge in [-0.3, -0.25) is 0 Å². The van der Waals surface area contributed by atoms with Crippen molar-refractivity contribution in [1.29, 1.82) is 0 Å². The fraction of sp³-hybridized carbons (Fsp3) is 0.455. The Morgan fingerprint density at radius 2 is 1.88 bits per heavy atom. The van der Waals surface area contributed by atoms with E-state index in [-0.39, 0.29) is 4.90 Å². The zero-order valence-corrected chi connectivity index (χ0v) is 9.95. The molecule has 1 aromatic carbocycles. The second-order valence-corrected chi connectivity index (χ2v) is 5.89. The number of benzene rings is 1. The molecule has 1 fully saturated rings. The Morgan fingerprint density at radius 3 is 2.41 bits per heavy atom. The number of aliphatic hydroxyl groups is 1. The predicted molar refractivity (Wildman–Crippen MR) is 60.4 cm³/mol. The van der Waals surface area contributed by atoms with Crippen LogP contribution in [0.3, 0.4) is 0 Å². The van der Waals surface area contributed by atoms with Crippen molar-refractivity contribution in [3.8, 4) is 0 Å². The van der Waals surface area contributed by atoms with Gasteiger partial charge in [0.25, 0.3) is 0 Å². The Morgan fingerprint density at radius 1 is 1.24 bits per heavy atom. The van der Waals surface area contributed by atoms with Gasteiger partial charge in [-0.1, -0.05) is 0 Å². The molecular weight excluding hydrogens is 245 g/mol. The van der Waals surface area contributed by atoms with Gasteiger partial charge in [-0.05, 0) is 43.5 Å². The first kappa shape index (κ1) is 12.5. The van der Waals surface area contributed by atoms with Gasteiger partial charge >= 0.3 is 0 Å². The van der Waals surface area contributed by atoms with Crippen molar-refractivity contribution in [2.75, 3.05) is 0 Å². The predicted octanol–water partition coefficient (Wildman–Crippen LogP) is 1.02. The highest BCUT2D eigenvalue weighted by atomic mass is 32.2. The number of halogens is 1. The molecule has 1 aromatic rings. The van der Waals surface area contributed by atoms with Gasteiger partial charge in [0.05, 0.1) is 11.0 Å². The summed E-state index contributed by atoms with van der Waals surface area (Å²) in [6.45, 7) is 0. The molecule has 1 aliphatic rings. The van der Waals surface area contributed by atoms with Gasteiger partial charge in [-0.15, -0.1) is 0 Å². The summed E-state index contributed by atoms with van der Waals surface area (Å²) in [5.74, 6) is -0.482. The molecule has 0 spiro atoms. The quantitative estimate of drug-likeness (QED) is 0.851. The van der Waals surface area contributed by atoms with E-state index >= 15 is 0 Å². The van der Waals surface area contributed by atoms with Gasteiger partial charge in [-0.25, -0.2) is 17.5 Å². The molecule has 2 N–H and O–H groups in total. The number of hydrogen-bond donors (Lipinski definition) is 2. The minimum atomic E-state index is -3.67. The monoisotopic (exact) mass is 259 g/mol. The van der Waals surface area contributed by atoms with Crippen molar-refractivity contribution in [3.63, 3.8) is 0 Å². The van der Waals surface area contributed by atoms with Gasteiger partial charge in [0.2, 0.25) is 10.0 Å². The molecule has 0 bridgehead atoms. The molecule has 1 saturated carbocycles. The third-order valence-electron chi connectivity index (χ3n) is 2.91. The third-order valence-corrected chi connectivity index (χ3v) is 4.42. The molecule has 0 unspecified atom stereocenters. The van der Waals surface area contributed by atoms with Crippen LogP contribution in [0.5, 0.6) is 0 Å². The molecule has 6 heteroatoms. The molecular formula is C11H14FNO3S. The second-order valence-electron chi connectivity index (χ2n) is 4.18. The van der Waals surface area contributed by atoms with Crippen LogP contribution in [0.4, 0.5) is 4.39 Å². The van der Waals surface area contributed by atoms with Crippen LogP contribution in [0.2, 0.25) is 0 Å². The number of hydrogen-bond acceptors (Lipinski definition) is 3. The molecule has 0 aromatic heterocycles. The maximum absolute atomic E-state index is 12.7. The van der Waals surface area contributed by atoms with Crippen LogP contribution in [0.1, 0.15) is 19.3 Å². The van der Waals surface area contributed by atoms with E-state index in [1.54, 1.807) is 0 Å². The van der Waals surface area contributed by atoms with Crippen LogP contribution in [0.25, 0.3) is 0 Å². The summed E-state index contributed by atoms with van der Waals surface area (Å²) in [5.41, 5.74) is 0. The fourth-order valence-corrected chi connectivity index (χ4v) is 3.26. The van der Waals surface area contributed by atoms with Crippen molar-refractivity contribution < 1.29 is 17.9 Å². The van der Waals surface area contributed by atoms with Gasteiger partial charge in [0.15, 0.2) is 0 Å². The molecule has 0 saturated heterocycles. The first-order chi connectivity index (χ1) is 7.99. The number of sulfonamides is 1. The van der Waals surface area contributed by atoms with E-state index in [1.807, 2.05) is 0 Å². The lowest BCUT2D eigenvalue weighted by Gasteiger charge is -2.16. The van der Waals surface area contributed by atoms with Gasteiger partial charge < -0.3 is 5.11 Å². The molecule has 4 nitrogen and oxygen atoms in total. The number of aliphatic hydroxyl groups excluding tert-OH is 1. The summed E-state index contributed by atoms with van der Waals surface area (Å²) in [7, 11) is -3.67. The molecule has 17 heavy (non-hydrogen) atoms. The Bertz CT molecular complexity index is 486. The largest absolute Gasteiger partial charge is 0.391 e. The van der Waals surface area contributed by atoms with Crippen LogP contribution < -0.4 is 4.72 Å². The third kappa shape index (κ3) is 2.83. The van der Waals surface area contributed by atoms with Crippen LogP contribution in [-0.4, -0.2) is 25.7 Å². The van der Waals surface area contributed by atoms with Crippen molar-refractivity contribution in [2.24, 2.45) is 0 Å². The molecule has 0 aliphatic heterocycles. The van der Waals surface area contributed by atoms with E-state index < -0.39 is 28.0 Å². The van der Waals surface area contributed by atoms with E-state index in [2.05, 4.69) is 4.72 Å². The summed E-state index contributed by atoms with van der Waals surface area (Å²) < 4.78 is 38.9. The maximum atomic E-state index is 12.7. The van der Waals surface area contributed by atoms with Gasteiger partial charge in [0.1, 0.15) is 5.82 Å². The standard InChI is InChI=1S/C11H14FNO3S/c12-8-4-6-9(7-5-8)17(15,16)13-10-2-1-3-11(10)14/h4-7,10-11,13-14H,1-3H2/t10-,11+/m0/s1. The zero-order valence-electron chi connectivity index (χ0n) is 9.14. The first-order valence-electron chi connectivity index (χ1n) is 5.45. The zero-order chi connectivity index (χ0) is 12.5. The first-order valence-corrected chi connectivity index (χ1v) is 6.93. The summed E-state index contributed by atoms with van der Waals surface area (Å²) in [5, 5.41) is 9.56. The van der Waals surface area contributed by atoms with E-state index in [9.17, 15) is 17.9 Å². The van der Waals surface area contributed by atoms with E-state index in [4.69, 9.17) is 0 Å². The lowest BCUT2D eigenvalue weighted by atomic mass is 10.2. The number of rotatable bonds is 3. The lowest BCUT2D eigenvalue weighted by Crippen LogP contribution is -2.39. The Balaban J connectivity index is 2.16. The van der Waals surface area contributed by atoms with Crippen LogP contribution >= 0.6 is 0 Å². The van der Waals surface area contributed by atoms with E-state index in [0.29, 0.717) is 12.8 Å². The molecule has 0 amide bonds. The van der Waals surface area contributed by atoms with E-state index in [1.165, 1.54) is 12.1 Å². The minimum absolute atomic E-state index is 0.0120. The van der Waals surface area contributed by atoms with Crippen LogP contribution in [-0.2, 0) is 10.0 Å². The van der Waals surface area contributed by atoms with Crippen LogP contribution in [0, 0.1) is 5.82 Å². The molecule has 2 rings (SSSR count). The smallest absolute Gasteiger partial charge is 0.240 e. The molecule has 2 atom stereocenters. The minimum Gasteiger partial charge on any atom is -0.391 e. The molecule has 1 aliphatic carbocycles. The Kier molecular flexibility index (Phi) is 3.46. The van der Waals surface area contributed by atoms with Gasteiger partial charge in [0, 0.05) is 6.04 Å². The van der Waals surface area contributed by atoms with Crippen molar-refractivity contribution in [2.45, 2.75) is 36.3 Å². The average Bonchev–Trinajstić information content (AvgIpc) is 2.64. The highest BCUT2D eigenvalue weighted by Gasteiger charge is 2.29. The lowest BCUT2D eigenvalue weighted by molar-refractivity contribution is 0.159. The van der Waals surface area contributed by atoms with E-state index in [0.717, 1.165) is 18.6 Å². The summed E-state index contributed by atoms with van der Waals surface area (Å²) in [6, 6.07) is 4.17. The normalized spacial score (nSPS) is 25.1. The highest BCUT2D eigenvalue weighted by molar-refractivity contribution is 7.89. The fourth-order valence-electron chi connectivity index (χ4n) is 1.96. The maximum Gasteiger partial charge on any atom is 0.240 e. The van der Waals surface area contributed by atoms with Crippen molar-refractivity contribution in [1.82, 2.24) is 4.72 Å². The van der Waals surface area contributed by atoms with Crippen LogP contribution in [0.15, 0.2) is 29.2 Å². The SMILES string of the molecule is O=S(=O)(N[C@H]1CCC[C@H]1O)c1ccc(F)cc1. The summed E-state index contributed by atoms with van der Waals surface area (Å²) >= 11 is 0. The van der Waals surface area contributed by atoms with Gasteiger partial charge in [-0.2, -0.15) is 0 Å². The molecule has 0 radical (unpaired) electrons. The second kappa shape index (κ2) is 4.72. The molecule has 94 valence electrons. The highest BCUT2D eigenvalue weighted by Crippen LogP contribution is 2.21. The Labute approximate surface area is 99.5 Å². The summed E-state index contributed by atoms with van der Waals surface area (Å²) in [4.78, 5) is 0.0120. The molecule has 0 heterocycles. The topological polar surface area (TPSA) is 66.4 Å². The number of nitrogens with one attached hydrogen (secondary N) is 1. The van der Waals surface area contributed by atoms with Crippen molar-refractivity contribution >= 4 is 10.0 Å². The Hall–Kier alpha value is -0.980. The average molecular weight is 259 g/mol.